The Kier molecular flexibility index (Phi) is 8.44. The zero-order chi connectivity index (χ0) is 24.0. The maximum Gasteiger partial charge on any atom is 0.358 e. The third-order valence-corrected chi connectivity index (χ3v) is 5.87. The molecule has 2 aromatic carbocycles. The molecule has 1 amide bonds. The van der Waals surface area contributed by atoms with Crippen molar-refractivity contribution < 1.29 is 14.3 Å². The quantitative estimate of drug-likeness (QED) is 0.363. The molecular weight excluding hydrogens is 482 g/mol. The fourth-order valence-electron chi connectivity index (χ4n) is 3.43. The molecule has 1 unspecified atom stereocenters. The topological polar surface area (TPSA) is 73.2 Å². The third kappa shape index (κ3) is 6.54. The number of carbonyl (C=O) groups is 2. The predicted molar refractivity (Wildman–Crippen MR) is 133 cm³/mol. The first kappa shape index (κ1) is 24.7. The Morgan fingerprint density at radius 3 is 2.33 bits per heavy atom. The molecule has 1 N–H and O–H groups in total. The largest absolute Gasteiger partial charge is 0.461 e. The molecule has 0 saturated carbocycles. The number of nitrogens with zero attached hydrogens (tertiary/aromatic N) is 2. The molecule has 1 aromatic heterocycles. The summed E-state index contributed by atoms with van der Waals surface area (Å²) in [6.45, 7) is 8.36. The zero-order valence-electron chi connectivity index (χ0n) is 19.5. The van der Waals surface area contributed by atoms with Crippen molar-refractivity contribution in [2.45, 2.75) is 46.6 Å². The molecule has 0 aliphatic carbocycles. The Morgan fingerprint density at radius 1 is 1.06 bits per heavy atom. The molecule has 3 rings (SSSR count). The first-order chi connectivity index (χ1) is 15.8. The summed E-state index contributed by atoms with van der Waals surface area (Å²) >= 11 is 3.43. The van der Waals surface area contributed by atoms with E-state index in [0.717, 1.165) is 34.3 Å². The molecule has 174 valence electrons. The number of halogens is 1. The monoisotopic (exact) mass is 511 g/mol. The van der Waals surface area contributed by atoms with Gasteiger partial charge in [0.2, 0.25) is 0 Å². The third-order valence-electron chi connectivity index (χ3n) is 5.34. The van der Waals surface area contributed by atoms with Crippen LogP contribution in [0.1, 0.15) is 72.3 Å². The van der Waals surface area contributed by atoms with Crippen molar-refractivity contribution in [1.82, 2.24) is 15.1 Å². The highest BCUT2D eigenvalue weighted by atomic mass is 79.9. The van der Waals surface area contributed by atoms with E-state index in [4.69, 9.17) is 4.74 Å². The number of rotatable bonds is 9. The van der Waals surface area contributed by atoms with E-state index >= 15 is 0 Å². The molecular formula is C26H30BrN3O3. The van der Waals surface area contributed by atoms with Crippen LogP contribution in [0.5, 0.6) is 0 Å². The van der Waals surface area contributed by atoms with Crippen LogP contribution in [-0.2, 0) is 11.2 Å². The molecule has 1 atom stereocenters. The van der Waals surface area contributed by atoms with E-state index in [9.17, 15) is 9.59 Å². The summed E-state index contributed by atoms with van der Waals surface area (Å²) < 4.78 is 7.88. The number of amides is 1. The van der Waals surface area contributed by atoms with Gasteiger partial charge in [-0.25, -0.2) is 9.48 Å². The average Bonchev–Trinajstić information content (AvgIpc) is 3.23. The van der Waals surface area contributed by atoms with Gasteiger partial charge in [-0.05, 0) is 80.6 Å². The minimum absolute atomic E-state index is 0.119. The Labute approximate surface area is 203 Å². The fraction of sp³-hybridized carbons (Fsp3) is 0.346. The van der Waals surface area contributed by atoms with Gasteiger partial charge in [-0.2, -0.15) is 5.10 Å². The number of aromatic nitrogens is 2. The summed E-state index contributed by atoms with van der Waals surface area (Å²) in [5, 5.41) is 7.51. The molecule has 0 bridgehead atoms. The highest BCUT2D eigenvalue weighted by Gasteiger charge is 2.17. The Morgan fingerprint density at radius 2 is 1.73 bits per heavy atom. The van der Waals surface area contributed by atoms with Crippen molar-refractivity contribution in [3.05, 3.63) is 81.6 Å². The number of nitrogens with one attached hydrogen (secondary N) is 1. The molecule has 6 nitrogen and oxygen atoms in total. The standard InChI is InChI=1S/C26H30BrN3O3/c1-5-33-26(32)24-16-23(13-6-17(2)3)30(29-24)22-14-9-20(10-15-22)25(31)28-18(4)19-7-11-21(27)12-8-19/h7-12,14-18H,5-6,13H2,1-4H3,(H,28,31). The molecule has 0 fully saturated rings. The van der Waals surface area contributed by atoms with Crippen LogP contribution in [0.25, 0.3) is 5.69 Å². The van der Waals surface area contributed by atoms with Crippen molar-refractivity contribution in [2.24, 2.45) is 5.92 Å². The summed E-state index contributed by atoms with van der Waals surface area (Å²) in [7, 11) is 0. The van der Waals surface area contributed by atoms with Crippen LogP contribution >= 0.6 is 15.9 Å². The van der Waals surface area contributed by atoms with Crippen LogP contribution in [0.3, 0.4) is 0 Å². The van der Waals surface area contributed by atoms with Crippen LogP contribution < -0.4 is 5.32 Å². The van der Waals surface area contributed by atoms with E-state index in [1.165, 1.54) is 0 Å². The highest BCUT2D eigenvalue weighted by molar-refractivity contribution is 9.10. The molecule has 7 heteroatoms. The summed E-state index contributed by atoms with van der Waals surface area (Å²) in [5.41, 5.74) is 3.61. The Hall–Kier alpha value is -2.93. The molecule has 1 heterocycles. The van der Waals surface area contributed by atoms with Gasteiger partial charge in [-0.15, -0.1) is 0 Å². The van der Waals surface area contributed by atoms with E-state index in [0.29, 0.717) is 23.8 Å². The van der Waals surface area contributed by atoms with Crippen molar-refractivity contribution >= 4 is 27.8 Å². The van der Waals surface area contributed by atoms with Crippen LogP contribution in [0.2, 0.25) is 0 Å². The van der Waals surface area contributed by atoms with Crippen LogP contribution in [0.15, 0.2) is 59.1 Å². The normalized spacial score (nSPS) is 11.9. The van der Waals surface area contributed by atoms with Gasteiger partial charge in [0, 0.05) is 15.7 Å². The second kappa shape index (κ2) is 11.3. The molecule has 33 heavy (non-hydrogen) atoms. The summed E-state index contributed by atoms with van der Waals surface area (Å²) in [4.78, 5) is 25.0. The van der Waals surface area contributed by atoms with Gasteiger partial charge in [0.25, 0.3) is 5.91 Å². The van der Waals surface area contributed by atoms with E-state index in [2.05, 4.69) is 40.2 Å². The number of aryl methyl sites for hydroxylation is 1. The maximum atomic E-state index is 12.7. The van der Waals surface area contributed by atoms with E-state index < -0.39 is 5.97 Å². The molecule has 0 radical (unpaired) electrons. The van der Waals surface area contributed by atoms with E-state index in [1.54, 1.807) is 29.8 Å². The predicted octanol–water partition coefficient (Wildman–Crippen LogP) is 5.89. The average molecular weight is 512 g/mol. The molecule has 0 aliphatic heterocycles. The van der Waals surface area contributed by atoms with Gasteiger partial charge in [-0.1, -0.05) is 41.9 Å². The van der Waals surface area contributed by atoms with Crippen molar-refractivity contribution in [1.29, 1.82) is 0 Å². The van der Waals surface area contributed by atoms with Gasteiger partial charge < -0.3 is 10.1 Å². The first-order valence-corrected chi connectivity index (χ1v) is 12.0. The molecule has 0 aliphatic rings. The van der Waals surface area contributed by atoms with Gasteiger partial charge in [0.05, 0.1) is 18.3 Å². The summed E-state index contributed by atoms with van der Waals surface area (Å²) in [6.07, 6.45) is 1.76. The Balaban J connectivity index is 1.78. The first-order valence-electron chi connectivity index (χ1n) is 11.2. The van der Waals surface area contributed by atoms with Gasteiger partial charge in [0.1, 0.15) is 0 Å². The van der Waals surface area contributed by atoms with Gasteiger partial charge in [0.15, 0.2) is 5.69 Å². The lowest BCUT2D eigenvalue weighted by molar-refractivity contribution is 0.0518. The number of ether oxygens (including phenoxy) is 1. The number of hydrogen-bond donors (Lipinski definition) is 1. The number of hydrogen-bond acceptors (Lipinski definition) is 4. The minimum Gasteiger partial charge on any atom is -0.461 e. The number of benzene rings is 2. The second-order valence-electron chi connectivity index (χ2n) is 8.38. The second-order valence-corrected chi connectivity index (χ2v) is 9.29. The maximum absolute atomic E-state index is 12.7. The van der Waals surface area contributed by atoms with Crippen molar-refractivity contribution in [2.75, 3.05) is 6.61 Å². The Bertz CT molecular complexity index is 1090. The smallest absolute Gasteiger partial charge is 0.358 e. The number of carbonyl (C=O) groups excluding carboxylic acids is 2. The van der Waals surface area contributed by atoms with Crippen LogP contribution in [0.4, 0.5) is 0 Å². The lowest BCUT2D eigenvalue weighted by atomic mass is 10.1. The van der Waals surface area contributed by atoms with Crippen LogP contribution in [-0.4, -0.2) is 28.3 Å². The lowest BCUT2D eigenvalue weighted by Crippen LogP contribution is -2.26. The lowest BCUT2D eigenvalue weighted by Gasteiger charge is -2.15. The number of esters is 1. The van der Waals surface area contributed by atoms with E-state index in [1.807, 2.05) is 43.3 Å². The summed E-state index contributed by atoms with van der Waals surface area (Å²) in [5.74, 6) is -0.0529. The summed E-state index contributed by atoms with van der Waals surface area (Å²) in [6, 6.07) is 16.8. The van der Waals surface area contributed by atoms with Gasteiger partial charge >= 0.3 is 5.97 Å². The molecule has 0 spiro atoms. The fourth-order valence-corrected chi connectivity index (χ4v) is 3.70. The minimum atomic E-state index is -0.431. The van der Waals surface area contributed by atoms with E-state index in [-0.39, 0.29) is 11.9 Å². The highest BCUT2D eigenvalue weighted by Crippen LogP contribution is 2.20. The zero-order valence-corrected chi connectivity index (χ0v) is 21.1. The molecule has 0 saturated heterocycles. The van der Waals surface area contributed by atoms with Crippen molar-refractivity contribution in [3.8, 4) is 5.69 Å². The van der Waals surface area contributed by atoms with Crippen LogP contribution in [0, 0.1) is 5.92 Å². The molecule has 3 aromatic rings. The SMILES string of the molecule is CCOC(=O)c1cc(CCC(C)C)n(-c2ccc(C(=O)NC(C)c3ccc(Br)cc3)cc2)n1. The van der Waals surface area contributed by atoms with Crippen molar-refractivity contribution in [3.63, 3.8) is 0 Å². The van der Waals surface area contributed by atoms with Gasteiger partial charge in [-0.3, -0.25) is 4.79 Å².